The highest BCUT2D eigenvalue weighted by Crippen LogP contribution is 2.22. The number of rotatable bonds is 6. The first-order chi connectivity index (χ1) is 7.15. The molecule has 0 spiro atoms. The molecule has 1 heterocycles. The van der Waals surface area contributed by atoms with Crippen LogP contribution in [-0.4, -0.2) is 28.4 Å². The Hall–Kier alpha value is -0.950. The quantitative estimate of drug-likeness (QED) is 0.453. The van der Waals surface area contributed by atoms with Crippen LogP contribution < -0.4 is 0 Å². The number of nitrogens with zero attached hydrogens (tertiary/aromatic N) is 3. The molecule has 0 atom stereocenters. The summed E-state index contributed by atoms with van der Waals surface area (Å²) >= 11 is 3.09. The Morgan fingerprint density at radius 2 is 2.40 bits per heavy atom. The molecule has 0 unspecified atom stereocenters. The van der Waals surface area contributed by atoms with Gasteiger partial charge in [0.1, 0.15) is 4.47 Å². The fourth-order valence-corrected chi connectivity index (χ4v) is 1.61. The molecule has 7 heteroatoms. The van der Waals surface area contributed by atoms with Gasteiger partial charge in [-0.05, 0) is 33.7 Å². The molecule has 0 radical (unpaired) electrons. The summed E-state index contributed by atoms with van der Waals surface area (Å²) in [5.74, 6) is -0.137. The summed E-state index contributed by atoms with van der Waals surface area (Å²) in [6.45, 7) is 1.36. The van der Waals surface area contributed by atoms with Gasteiger partial charge in [-0.2, -0.15) is 4.68 Å². The Morgan fingerprint density at radius 3 is 2.93 bits per heavy atom. The zero-order valence-electron chi connectivity index (χ0n) is 8.35. The highest BCUT2D eigenvalue weighted by Gasteiger charge is 2.17. The van der Waals surface area contributed by atoms with E-state index in [9.17, 15) is 10.1 Å². The van der Waals surface area contributed by atoms with Crippen molar-refractivity contribution in [3.63, 3.8) is 0 Å². The maximum absolute atomic E-state index is 10.5. The highest BCUT2D eigenvalue weighted by molar-refractivity contribution is 9.10. The van der Waals surface area contributed by atoms with Gasteiger partial charge in [0.25, 0.3) is 0 Å². The van der Waals surface area contributed by atoms with Crippen molar-refractivity contribution in [2.24, 2.45) is 0 Å². The standard InChI is InChI=1S/C8H12BrN3O3/c1-15-5-3-2-4-11-6-7(9)8(10-11)12(13)14/h6H,2-5H2,1H3. The third kappa shape index (κ3) is 3.60. The monoisotopic (exact) mass is 277 g/mol. The van der Waals surface area contributed by atoms with Gasteiger partial charge in [-0.25, -0.2) is 0 Å². The molecule has 1 rings (SSSR count). The van der Waals surface area contributed by atoms with Crippen LogP contribution in [-0.2, 0) is 11.3 Å². The lowest BCUT2D eigenvalue weighted by atomic mass is 10.3. The number of hydrogen-bond acceptors (Lipinski definition) is 4. The van der Waals surface area contributed by atoms with E-state index in [0.29, 0.717) is 17.6 Å². The lowest BCUT2D eigenvalue weighted by Crippen LogP contribution is -2.01. The number of ether oxygens (including phenoxy) is 1. The second-order valence-electron chi connectivity index (χ2n) is 3.02. The Bertz CT molecular complexity index is 340. The highest BCUT2D eigenvalue weighted by atomic mass is 79.9. The van der Waals surface area contributed by atoms with E-state index in [1.165, 1.54) is 0 Å². The number of methoxy groups -OCH3 is 1. The number of nitro groups is 1. The van der Waals surface area contributed by atoms with Crippen molar-refractivity contribution < 1.29 is 9.66 Å². The maximum Gasteiger partial charge on any atom is 0.404 e. The molecule has 0 aliphatic carbocycles. The average molecular weight is 278 g/mol. The molecule has 0 N–H and O–H groups in total. The number of aryl methyl sites for hydroxylation is 1. The number of halogens is 1. The molecule has 0 fully saturated rings. The van der Waals surface area contributed by atoms with Crippen molar-refractivity contribution in [3.8, 4) is 0 Å². The van der Waals surface area contributed by atoms with E-state index in [2.05, 4.69) is 21.0 Å². The Labute approximate surface area is 95.5 Å². The predicted molar refractivity (Wildman–Crippen MR) is 57.7 cm³/mol. The number of unbranched alkanes of at least 4 members (excludes halogenated alkanes) is 1. The van der Waals surface area contributed by atoms with E-state index >= 15 is 0 Å². The zero-order chi connectivity index (χ0) is 11.3. The van der Waals surface area contributed by atoms with Crippen LogP contribution in [0.25, 0.3) is 0 Å². The minimum absolute atomic E-state index is 0.137. The van der Waals surface area contributed by atoms with Crippen molar-refractivity contribution in [2.45, 2.75) is 19.4 Å². The van der Waals surface area contributed by atoms with Crippen molar-refractivity contribution in [1.29, 1.82) is 0 Å². The summed E-state index contributed by atoms with van der Waals surface area (Å²) in [4.78, 5) is 9.99. The predicted octanol–water partition coefficient (Wildman–Crippen LogP) is 1.98. The zero-order valence-corrected chi connectivity index (χ0v) is 9.94. The number of aromatic nitrogens is 2. The van der Waals surface area contributed by atoms with Gasteiger partial charge in [0.05, 0.1) is 17.8 Å². The summed E-state index contributed by atoms with van der Waals surface area (Å²) in [7, 11) is 1.65. The van der Waals surface area contributed by atoms with Crippen LogP contribution >= 0.6 is 15.9 Å². The average Bonchev–Trinajstić information content (AvgIpc) is 2.55. The largest absolute Gasteiger partial charge is 0.404 e. The van der Waals surface area contributed by atoms with E-state index in [-0.39, 0.29) is 5.82 Å². The van der Waals surface area contributed by atoms with Crippen LogP contribution in [0.4, 0.5) is 5.82 Å². The molecule has 6 nitrogen and oxygen atoms in total. The van der Waals surface area contributed by atoms with Gasteiger partial charge in [0.15, 0.2) is 0 Å². The summed E-state index contributed by atoms with van der Waals surface area (Å²) in [5.41, 5.74) is 0. The first-order valence-electron chi connectivity index (χ1n) is 4.51. The fourth-order valence-electron chi connectivity index (χ4n) is 1.15. The third-order valence-corrected chi connectivity index (χ3v) is 2.42. The summed E-state index contributed by atoms with van der Waals surface area (Å²) in [6.07, 6.45) is 3.42. The normalized spacial score (nSPS) is 10.5. The molecule has 84 valence electrons. The molecule has 0 amide bonds. The second-order valence-corrected chi connectivity index (χ2v) is 3.88. The van der Waals surface area contributed by atoms with E-state index in [1.54, 1.807) is 18.0 Å². The number of hydrogen-bond donors (Lipinski definition) is 0. The lowest BCUT2D eigenvalue weighted by Gasteiger charge is -1.96. The van der Waals surface area contributed by atoms with Gasteiger partial charge in [0, 0.05) is 13.7 Å². The first kappa shape index (κ1) is 12.1. The molecular weight excluding hydrogens is 266 g/mol. The minimum Gasteiger partial charge on any atom is -0.385 e. The molecule has 15 heavy (non-hydrogen) atoms. The molecule has 0 aliphatic rings. The Kier molecular flexibility index (Phi) is 4.70. The Morgan fingerprint density at radius 1 is 1.67 bits per heavy atom. The van der Waals surface area contributed by atoms with E-state index in [1.807, 2.05) is 0 Å². The van der Waals surface area contributed by atoms with Gasteiger partial charge in [-0.1, -0.05) is 0 Å². The molecular formula is C8H12BrN3O3. The van der Waals surface area contributed by atoms with Crippen molar-refractivity contribution >= 4 is 21.7 Å². The molecule has 1 aromatic rings. The molecule has 0 aliphatic heterocycles. The molecule has 0 saturated heterocycles. The molecule has 0 saturated carbocycles. The molecule has 1 aromatic heterocycles. The minimum atomic E-state index is -0.504. The van der Waals surface area contributed by atoms with Crippen LogP contribution in [0.5, 0.6) is 0 Å². The summed E-state index contributed by atoms with van der Waals surface area (Å²) < 4.78 is 6.88. The van der Waals surface area contributed by atoms with Gasteiger partial charge in [-0.15, -0.1) is 0 Å². The molecule has 0 aromatic carbocycles. The van der Waals surface area contributed by atoms with Crippen molar-refractivity contribution in [3.05, 3.63) is 20.8 Å². The van der Waals surface area contributed by atoms with Gasteiger partial charge >= 0.3 is 5.82 Å². The van der Waals surface area contributed by atoms with E-state index in [4.69, 9.17) is 4.74 Å². The van der Waals surface area contributed by atoms with Crippen molar-refractivity contribution in [1.82, 2.24) is 9.78 Å². The van der Waals surface area contributed by atoms with Crippen molar-refractivity contribution in [2.75, 3.05) is 13.7 Å². The van der Waals surface area contributed by atoms with Crippen LogP contribution in [0.15, 0.2) is 10.7 Å². The summed E-state index contributed by atoms with van der Waals surface area (Å²) in [5, 5.41) is 14.3. The van der Waals surface area contributed by atoms with Gasteiger partial charge in [0.2, 0.25) is 0 Å². The van der Waals surface area contributed by atoms with Gasteiger partial charge in [-0.3, -0.25) is 0 Å². The van der Waals surface area contributed by atoms with Crippen LogP contribution in [0.3, 0.4) is 0 Å². The maximum atomic E-state index is 10.5. The fraction of sp³-hybridized carbons (Fsp3) is 0.625. The topological polar surface area (TPSA) is 70.2 Å². The third-order valence-electron chi connectivity index (χ3n) is 1.86. The Balaban J connectivity index is 2.48. The molecule has 0 bridgehead atoms. The van der Waals surface area contributed by atoms with Crippen LogP contribution in [0.1, 0.15) is 12.8 Å². The van der Waals surface area contributed by atoms with Gasteiger partial charge < -0.3 is 14.9 Å². The van der Waals surface area contributed by atoms with E-state index in [0.717, 1.165) is 12.8 Å². The first-order valence-corrected chi connectivity index (χ1v) is 5.30. The SMILES string of the molecule is COCCCCn1cc(Br)c([N+](=O)[O-])n1. The van der Waals surface area contributed by atoms with E-state index < -0.39 is 4.92 Å². The van der Waals surface area contributed by atoms with Crippen LogP contribution in [0, 0.1) is 10.1 Å². The second kappa shape index (κ2) is 5.82. The summed E-state index contributed by atoms with van der Waals surface area (Å²) in [6, 6.07) is 0. The smallest absolute Gasteiger partial charge is 0.385 e. The lowest BCUT2D eigenvalue weighted by molar-refractivity contribution is -0.390. The van der Waals surface area contributed by atoms with Crippen LogP contribution in [0.2, 0.25) is 0 Å².